The van der Waals surface area contributed by atoms with E-state index in [1.807, 2.05) is 13.8 Å². The van der Waals surface area contributed by atoms with Gasteiger partial charge in [0.1, 0.15) is 6.10 Å². The number of hydrogen-bond acceptors (Lipinski definition) is 7. The number of carbonyl (C=O) groups is 1. The third-order valence-electron chi connectivity index (χ3n) is 5.79. The van der Waals surface area contributed by atoms with Crippen LogP contribution in [0.5, 0.6) is 0 Å². The highest BCUT2D eigenvalue weighted by Crippen LogP contribution is 2.49. The lowest BCUT2D eigenvalue weighted by atomic mass is 9.75. The fourth-order valence-corrected chi connectivity index (χ4v) is 4.19. The Kier molecular flexibility index (Phi) is 5.23. The van der Waals surface area contributed by atoms with Crippen molar-refractivity contribution in [2.24, 2.45) is 11.8 Å². The van der Waals surface area contributed by atoms with Gasteiger partial charge in [0.05, 0.1) is 38.1 Å². The quantitative estimate of drug-likeness (QED) is 0.570. The van der Waals surface area contributed by atoms with Gasteiger partial charge in [-0.2, -0.15) is 0 Å². The van der Waals surface area contributed by atoms with Gasteiger partial charge in [-0.25, -0.2) is 4.79 Å². The first-order valence-corrected chi connectivity index (χ1v) is 8.87. The smallest absolute Gasteiger partial charge is 0.330 e. The Hall–Kier alpha value is -0.990. The van der Waals surface area contributed by atoms with Crippen molar-refractivity contribution >= 4 is 5.97 Å². The van der Waals surface area contributed by atoms with Gasteiger partial charge < -0.3 is 29.2 Å². The van der Waals surface area contributed by atoms with Crippen LogP contribution in [0.1, 0.15) is 33.6 Å². The number of fused-ring (bicyclic) bond motifs is 1. The zero-order chi connectivity index (χ0) is 18.4. The van der Waals surface area contributed by atoms with Crippen molar-refractivity contribution in [2.45, 2.75) is 69.9 Å². The summed E-state index contributed by atoms with van der Waals surface area (Å²) in [6, 6.07) is 0. The molecular weight excluding hydrogens is 328 g/mol. The second kappa shape index (κ2) is 6.96. The van der Waals surface area contributed by atoms with Crippen molar-refractivity contribution in [3.8, 4) is 0 Å². The van der Waals surface area contributed by atoms with Crippen molar-refractivity contribution < 1.29 is 34.0 Å². The van der Waals surface area contributed by atoms with Crippen molar-refractivity contribution in [1.29, 1.82) is 0 Å². The molecule has 0 aromatic heterocycles. The van der Waals surface area contributed by atoms with E-state index < -0.39 is 30.1 Å². The summed E-state index contributed by atoms with van der Waals surface area (Å²) in [6.45, 7) is 6.05. The highest BCUT2D eigenvalue weighted by molar-refractivity contribution is 5.82. The van der Waals surface area contributed by atoms with Crippen LogP contribution in [0, 0.1) is 11.8 Å². The molecule has 0 unspecified atom stereocenters. The van der Waals surface area contributed by atoms with Gasteiger partial charge in [0.15, 0.2) is 0 Å². The van der Waals surface area contributed by atoms with Gasteiger partial charge >= 0.3 is 5.97 Å². The lowest BCUT2D eigenvalue weighted by molar-refractivity contribution is -0.437. The fourth-order valence-electron chi connectivity index (χ4n) is 4.19. The molecule has 0 aromatic rings. The van der Waals surface area contributed by atoms with Crippen molar-refractivity contribution in [3.05, 3.63) is 11.6 Å². The van der Waals surface area contributed by atoms with Gasteiger partial charge in [0, 0.05) is 17.9 Å². The number of aliphatic hydroxyl groups is 2. The molecule has 3 fully saturated rings. The maximum absolute atomic E-state index is 11.4. The van der Waals surface area contributed by atoms with Crippen molar-refractivity contribution in [1.82, 2.24) is 0 Å². The number of carbonyl (C=O) groups excluding carboxylic acids is 1. The van der Waals surface area contributed by atoms with Gasteiger partial charge in [0.2, 0.25) is 5.79 Å². The maximum Gasteiger partial charge on any atom is 0.330 e. The monoisotopic (exact) mass is 356 g/mol. The predicted octanol–water partition coefficient (Wildman–Crippen LogP) is 0.773. The third-order valence-corrected chi connectivity index (χ3v) is 5.79. The summed E-state index contributed by atoms with van der Waals surface area (Å²) in [5.74, 6) is -1.79. The highest BCUT2D eigenvalue weighted by atomic mass is 16.7. The van der Waals surface area contributed by atoms with E-state index >= 15 is 0 Å². The number of methoxy groups -OCH3 is 1. The zero-order valence-corrected chi connectivity index (χ0v) is 15.2. The van der Waals surface area contributed by atoms with Crippen LogP contribution in [-0.4, -0.2) is 66.2 Å². The summed E-state index contributed by atoms with van der Waals surface area (Å²) in [5, 5.41) is 21.4. The Morgan fingerprint density at radius 1 is 1.32 bits per heavy atom. The summed E-state index contributed by atoms with van der Waals surface area (Å²) in [4.78, 5) is 11.4. The molecule has 8 atom stereocenters. The number of esters is 1. The molecule has 0 radical (unpaired) electrons. The number of rotatable bonds is 3. The molecule has 2 N–H and O–H groups in total. The minimum Gasteiger partial charge on any atom is -0.466 e. The van der Waals surface area contributed by atoms with E-state index in [0.29, 0.717) is 19.4 Å². The second-order valence-electron chi connectivity index (χ2n) is 7.52. The molecule has 0 aliphatic carbocycles. The van der Waals surface area contributed by atoms with Gasteiger partial charge in [-0.15, -0.1) is 0 Å². The van der Waals surface area contributed by atoms with Gasteiger partial charge in [-0.1, -0.05) is 12.5 Å². The molecule has 0 saturated carbocycles. The fraction of sp³-hybridized carbons (Fsp3) is 0.833. The minimum absolute atomic E-state index is 0.0380. The molecule has 3 aliphatic heterocycles. The molecule has 2 bridgehead atoms. The van der Waals surface area contributed by atoms with Gasteiger partial charge in [-0.3, -0.25) is 0 Å². The van der Waals surface area contributed by atoms with E-state index in [-0.39, 0.29) is 24.0 Å². The summed E-state index contributed by atoms with van der Waals surface area (Å²) in [5.41, 5.74) is 0.746. The lowest BCUT2D eigenvalue weighted by Gasteiger charge is -2.60. The van der Waals surface area contributed by atoms with Crippen LogP contribution in [0.2, 0.25) is 0 Å². The van der Waals surface area contributed by atoms with Crippen LogP contribution >= 0.6 is 0 Å². The first-order valence-electron chi connectivity index (χ1n) is 8.87. The van der Waals surface area contributed by atoms with Crippen LogP contribution < -0.4 is 0 Å². The van der Waals surface area contributed by atoms with Crippen LogP contribution in [0.25, 0.3) is 0 Å². The number of ether oxygens (including phenoxy) is 4. The zero-order valence-electron chi connectivity index (χ0n) is 15.2. The van der Waals surface area contributed by atoms with E-state index in [1.54, 1.807) is 6.92 Å². The summed E-state index contributed by atoms with van der Waals surface area (Å²) in [6.07, 6.45) is -0.410. The molecule has 7 nitrogen and oxygen atoms in total. The Morgan fingerprint density at radius 3 is 2.72 bits per heavy atom. The van der Waals surface area contributed by atoms with E-state index in [4.69, 9.17) is 14.2 Å². The summed E-state index contributed by atoms with van der Waals surface area (Å²) >= 11 is 0. The molecule has 3 heterocycles. The van der Waals surface area contributed by atoms with Crippen LogP contribution in [0.15, 0.2) is 11.6 Å². The topological polar surface area (TPSA) is 94.5 Å². The SMILES string of the molecule is COC(=O)/C=C(\C)C[C@@H]1OC[C@H]2C[C@@H](O)[C@H]3O[C@@]2(O[C@@H](C)[C@@H]3C)[C@H]1O. The normalized spacial score (nSPS) is 47.1. The molecule has 3 aliphatic rings. The highest BCUT2D eigenvalue weighted by Gasteiger charge is 2.63. The number of hydrogen-bond donors (Lipinski definition) is 2. The molecule has 0 aromatic carbocycles. The first kappa shape index (κ1) is 18.8. The molecule has 1 spiro atoms. The van der Waals surface area contributed by atoms with Crippen molar-refractivity contribution in [2.75, 3.05) is 13.7 Å². The first-order chi connectivity index (χ1) is 11.8. The van der Waals surface area contributed by atoms with E-state index in [9.17, 15) is 15.0 Å². The van der Waals surface area contributed by atoms with E-state index in [2.05, 4.69) is 4.74 Å². The van der Waals surface area contributed by atoms with Gasteiger partial charge in [0.25, 0.3) is 0 Å². The average molecular weight is 356 g/mol. The maximum atomic E-state index is 11.4. The van der Waals surface area contributed by atoms with E-state index in [0.717, 1.165) is 5.57 Å². The molecular formula is C18H28O7. The minimum atomic E-state index is -1.16. The second-order valence-corrected chi connectivity index (χ2v) is 7.52. The molecule has 0 amide bonds. The Morgan fingerprint density at radius 2 is 2.04 bits per heavy atom. The molecule has 7 heteroatoms. The van der Waals surface area contributed by atoms with Gasteiger partial charge in [-0.05, 0) is 26.7 Å². The third kappa shape index (κ3) is 3.24. The Balaban J connectivity index is 1.80. The largest absolute Gasteiger partial charge is 0.466 e. The summed E-state index contributed by atoms with van der Waals surface area (Å²) < 4.78 is 22.7. The molecule has 3 saturated heterocycles. The number of aliphatic hydroxyl groups excluding tert-OH is 2. The summed E-state index contributed by atoms with van der Waals surface area (Å²) in [7, 11) is 1.32. The van der Waals surface area contributed by atoms with Crippen LogP contribution in [0.4, 0.5) is 0 Å². The van der Waals surface area contributed by atoms with Crippen LogP contribution in [-0.2, 0) is 23.7 Å². The molecule has 25 heavy (non-hydrogen) atoms. The predicted molar refractivity (Wildman–Crippen MR) is 87.6 cm³/mol. The lowest BCUT2D eigenvalue weighted by Crippen LogP contribution is -2.72. The van der Waals surface area contributed by atoms with Crippen LogP contribution in [0.3, 0.4) is 0 Å². The molecule has 3 rings (SSSR count). The Bertz CT molecular complexity index is 548. The Labute approximate surface area is 147 Å². The van der Waals surface area contributed by atoms with E-state index in [1.165, 1.54) is 13.2 Å². The standard InChI is InChI=1S/C18H28O7/c1-9(6-15(20)22-4)5-14-17(21)18-12(8-23-14)7-13(19)16(25-18)10(2)11(3)24-18/h6,10-14,16-17,19,21H,5,7-8H2,1-4H3/b9-6+/t10-,11-,12+,13+,14-,16-,17-,18+/m0/s1. The van der Waals surface area contributed by atoms with Crippen molar-refractivity contribution in [3.63, 3.8) is 0 Å². The average Bonchev–Trinajstić information content (AvgIpc) is 2.57. The molecule has 142 valence electrons.